The first-order chi connectivity index (χ1) is 13.2. The Morgan fingerprint density at radius 2 is 1.96 bits per heavy atom. The van der Waals surface area contributed by atoms with E-state index in [4.69, 9.17) is 0 Å². The summed E-state index contributed by atoms with van der Waals surface area (Å²) in [5.41, 5.74) is 1.05. The predicted octanol–water partition coefficient (Wildman–Crippen LogP) is 2.37. The van der Waals surface area contributed by atoms with Gasteiger partial charge >= 0.3 is 0 Å². The molecule has 1 atom stereocenters. The van der Waals surface area contributed by atoms with Crippen molar-refractivity contribution in [3.05, 3.63) is 48.3 Å². The van der Waals surface area contributed by atoms with E-state index in [1.165, 1.54) is 0 Å². The number of carbonyl (C=O) groups is 1. The molecule has 2 aliphatic heterocycles. The quantitative estimate of drug-likeness (QED) is 0.833. The maximum atomic E-state index is 12.9. The molecule has 6 nitrogen and oxygen atoms in total. The summed E-state index contributed by atoms with van der Waals surface area (Å²) < 4.78 is 2.21. The second-order valence-electron chi connectivity index (χ2n) is 7.94. The van der Waals surface area contributed by atoms with Gasteiger partial charge in [-0.15, -0.1) is 0 Å². The molecule has 0 aromatic carbocycles. The summed E-state index contributed by atoms with van der Waals surface area (Å²) in [5.74, 6) is 2.09. The maximum absolute atomic E-state index is 12.9. The molecule has 0 aliphatic carbocycles. The molecule has 0 saturated carbocycles. The number of pyridine rings is 1. The van der Waals surface area contributed by atoms with Gasteiger partial charge in [-0.3, -0.25) is 9.78 Å². The Morgan fingerprint density at radius 3 is 2.70 bits per heavy atom. The second kappa shape index (κ2) is 8.21. The smallest absolute Gasteiger partial charge is 0.226 e. The summed E-state index contributed by atoms with van der Waals surface area (Å²) in [4.78, 5) is 26.3. The van der Waals surface area contributed by atoms with E-state index in [1.54, 1.807) is 0 Å². The van der Waals surface area contributed by atoms with Gasteiger partial charge in [0.2, 0.25) is 5.91 Å². The number of piperidine rings is 2. The van der Waals surface area contributed by atoms with E-state index < -0.39 is 0 Å². The minimum atomic E-state index is 0.187. The number of hydrogen-bond donors (Lipinski definition) is 0. The van der Waals surface area contributed by atoms with E-state index in [0.29, 0.717) is 11.8 Å². The number of amides is 1. The molecule has 4 rings (SSSR count). The molecule has 2 aromatic heterocycles. The van der Waals surface area contributed by atoms with Crippen molar-refractivity contribution in [1.82, 2.24) is 24.3 Å². The minimum Gasteiger partial charge on any atom is -0.342 e. The highest BCUT2D eigenvalue weighted by Gasteiger charge is 2.31. The molecule has 144 valence electrons. The molecule has 0 spiro atoms. The Morgan fingerprint density at radius 1 is 1.11 bits per heavy atom. The van der Waals surface area contributed by atoms with Crippen LogP contribution in [0.5, 0.6) is 0 Å². The van der Waals surface area contributed by atoms with Crippen LogP contribution in [0.4, 0.5) is 0 Å². The molecule has 2 fully saturated rings. The third-order valence-corrected chi connectivity index (χ3v) is 5.95. The van der Waals surface area contributed by atoms with Crippen LogP contribution in [0.25, 0.3) is 0 Å². The fourth-order valence-corrected chi connectivity index (χ4v) is 4.46. The average Bonchev–Trinajstić information content (AvgIpc) is 3.16. The monoisotopic (exact) mass is 367 g/mol. The minimum absolute atomic E-state index is 0.187. The second-order valence-corrected chi connectivity index (χ2v) is 7.94. The molecule has 1 amide bonds. The lowest BCUT2D eigenvalue weighted by Crippen LogP contribution is -2.46. The van der Waals surface area contributed by atoms with Crippen molar-refractivity contribution in [2.75, 3.05) is 33.2 Å². The number of hydrogen-bond acceptors (Lipinski definition) is 4. The average molecular weight is 367 g/mol. The molecule has 1 unspecified atom stereocenters. The van der Waals surface area contributed by atoms with Crippen LogP contribution in [0.2, 0.25) is 0 Å². The maximum Gasteiger partial charge on any atom is 0.226 e. The number of rotatable bonds is 4. The Labute approximate surface area is 161 Å². The van der Waals surface area contributed by atoms with Crippen LogP contribution in [0.3, 0.4) is 0 Å². The number of aromatic nitrogens is 3. The first kappa shape index (κ1) is 18.2. The highest BCUT2D eigenvalue weighted by Crippen LogP contribution is 2.29. The summed E-state index contributed by atoms with van der Waals surface area (Å²) in [6.07, 6.45) is 9.92. The third-order valence-electron chi connectivity index (χ3n) is 5.95. The van der Waals surface area contributed by atoms with E-state index in [-0.39, 0.29) is 5.92 Å². The van der Waals surface area contributed by atoms with E-state index >= 15 is 0 Å². The normalized spacial score (nSPS) is 22.1. The zero-order valence-electron chi connectivity index (χ0n) is 16.1. The lowest BCUT2D eigenvalue weighted by molar-refractivity contribution is -0.138. The molecule has 2 aliphatic rings. The van der Waals surface area contributed by atoms with Gasteiger partial charge in [0.1, 0.15) is 5.82 Å². The Hall–Kier alpha value is -2.21. The largest absolute Gasteiger partial charge is 0.342 e. The van der Waals surface area contributed by atoms with Gasteiger partial charge in [0, 0.05) is 44.1 Å². The molecule has 0 N–H and O–H groups in total. The van der Waals surface area contributed by atoms with E-state index in [1.807, 2.05) is 36.8 Å². The van der Waals surface area contributed by atoms with Crippen molar-refractivity contribution in [2.45, 2.75) is 38.1 Å². The molecule has 4 heterocycles. The first-order valence-corrected chi connectivity index (χ1v) is 10.1. The molecule has 0 radical (unpaired) electrons. The van der Waals surface area contributed by atoms with Gasteiger partial charge < -0.3 is 14.4 Å². The molecule has 6 heteroatoms. The van der Waals surface area contributed by atoms with Crippen molar-refractivity contribution in [3.8, 4) is 0 Å². The molecular weight excluding hydrogens is 338 g/mol. The topological polar surface area (TPSA) is 54.3 Å². The van der Waals surface area contributed by atoms with E-state index in [0.717, 1.165) is 69.9 Å². The summed E-state index contributed by atoms with van der Waals surface area (Å²) >= 11 is 0. The van der Waals surface area contributed by atoms with Crippen LogP contribution >= 0.6 is 0 Å². The van der Waals surface area contributed by atoms with Crippen molar-refractivity contribution < 1.29 is 4.79 Å². The Bertz CT molecular complexity index is 751. The molecule has 0 bridgehead atoms. The summed E-state index contributed by atoms with van der Waals surface area (Å²) in [6.45, 7) is 4.47. The van der Waals surface area contributed by atoms with E-state index in [2.05, 4.69) is 31.4 Å². The number of imidazole rings is 1. The van der Waals surface area contributed by atoms with Gasteiger partial charge in [0.25, 0.3) is 0 Å². The molecule has 2 saturated heterocycles. The van der Waals surface area contributed by atoms with Crippen LogP contribution in [-0.2, 0) is 11.3 Å². The fraction of sp³-hybridized carbons (Fsp3) is 0.571. The van der Waals surface area contributed by atoms with Gasteiger partial charge in [-0.2, -0.15) is 0 Å². The van der Waals surface area contributed by atoms with Crippen LogP contribution in [0.15, 0.2) is 36.8 Å². The molecule has 2 aromatic rings. The summed E-state index contributed by atoms with van der Waals surface area (Å²) in [6, 6.07) is 6.01. The zero-order valence-corrected chi connectivity index (χ0v) is 16.1. The number of nitrogens with zero attached hydrogens (tertiary/aromatic N) is 5. The van der Waals surface area contributed by atoms with Gasteiger partial charge in [-0.05, 0) is 51.4 Å². The van der Waals surface area contributed by atoms with Gasteiger partial charge in [0.15, 0.2) is 0 Å². The summed E-state index contributed by atoms with van der Waals surface area (Å²) in [5, 5.41) is 0. The number of likely N-dealkylation sites (tertiary alicyclic amines) is 2. The van der Waals surface area contributed by atoms with Gasteiger partial charge in [0.05, 0.1) is 18.2 Å². The molecule has 27 heavy (non-hydrogen) atoms. The highest BCUT2D eigenvalue weighted by molar-refractivity contribution is 5.79. The molecular formula is C21H29N5O. The zero-order chi connectivity index (χ0) is 18.6. The first-order valence-electron chi connectivity index (χ1n) is 10.1. The van der Waals surface area contributed by atoms with Crippen molar-refractivity contribution >= 4 is 5.91 Å². The van der Waals surface area contributed by atoms with Crippen LogP contribution in [0.1, 0.15) is 43.1 Å². The van der Waals surface area contributed by atoms with Crippen molar-refractivity contribution in [1.29, 1.82) is 0 Å². The lowest BCUT2D eigenvalue weighted by atomic mass is 9.92. The highest BCUT2D eigenvalue weighted by atomic mass is 16.2. The van der Waals surface area contributed by atoms with Crippen LogP contribution < -0.4 is 0 Å². The number of carbonyl (C=O) groups excluding carboxylic acids is 1. The van der Waals surface area contributed by atoms with Crippen molar-refractivity contribution in [2.24, 2.45) is 5.92 Å². The Balaban J connectivity index is 1.36. The van der Waals surface area contributed by atoms with Crippen LogP contribution in [-0.4, -0.2) is 63.5 Å². The van der Waals surface area contributed by atoms with E-state index in [9.17, 15) is 4.79 Å². The fourth-order valence-electron chi connectivity index (χ4n) is 4.46. The lowest BCUT2D eigenvalue weighted by Gasteiger charge is -2.36. The Kier molecular flexibility index (Phi) is 5.53. The van der Waals surface area contributed by atoms with Gasteiger partial charge in [-0.25, -0.2) is 4.98 Å². The predicted molar refractivity (Wildman–Crippen MR) is 104 cm³/mol. The standard InChI is InChI=1S/C21H29N5O/c1-24-11-4-5-18(15-24)21(27)25-12-7-17(8-13-25)20-23-10-14-26(20)16-19-6-2-3-9-22-19/h2-3,6,9-10,14,17-18H,4-5,7-8,11-13,15-16H2,1H3. The van der Waals surface area contributed by atoms with Crippen LogP contribution in [0, 0.1) is 5.92 Å². The van der Waals surface area contributed by atoms with Gasteiger partial charge in [-0.1, -0.05) is 6.07 Å². The third kappa shape index (κ3) is 4.21. The SMILES string of the molecule is CN1CCCC(C(=O)N2CCC(c3nccn3Cc3ccccn3)CC2)C1. The van der Waals surface area contributed by atoms with Crippen molar-refractivity contribution in [3.63, 3.8) is 0 Å². The summed E-state index contributed by atoms with van der Waals surface area (Å²) in [7, 11) is 2.12.